The van der Waals surface area contributed by atoms with Gasteiger partial charge in [0.25, 0.3) is 5.91 Å². The Balaban J connectivity index is 1.76. The summed E-state index contributed by atoms with van der Waals surface area (Å²) < 4.78 is 5.34. The topological polar surface area (TPSA) is 70.1 Å². The maximum Gasteiger partial charge on any atom is 0.290 e. The van der Waals surface area contributed by atoms with Crippen LogP contribution < -0.4 is 0 Å². The van der Waals surface area contributed by atoms with Crippen molar-refractivity contribution in [1.29, 1.82) is 0 Å². The molecule has 2 aliphatic heterocycles. The highest BCUT2D eigenvalue weighted by atomic mass is 35.5. The monoisotopic (exact) mass is 378 g/mol. The molecule has 2 heterocycles. The van der Waals surface area contributed by atoms with E-state index in [2.05, 4.69) is 4.90 Å². The van der Waals surface area contributed by atoms with Crippen molar-refractivity contribution < 1.29 is 19.4 Å². The van der Waals surface area contributed by atoms with Gasteiger partial charge in [-0.3, -0.25) is 14.5 Å². The van der Waals surface area contributed by atoms with Crippen molar-refractivity contribution in [3.05, 3.63) is 46.2 Å². The van der Waals surface area contributed by atoms with E-state index in [1.54, 1.807) is 29.2 Å². The van der Waals surface area contributed by atoms with E-state index in [1.165, 1.54) is 6.92 Å². The first-order valence-corrected chi connectivity index (χ1v) is 9.17. The number of hydrogen-bond acceptors (Lipinski definition) is 5. The SMILES string of the molecule is CC(=O)C1=C(O)C(=O)N(CCCN2CCOCC2)[C@H]1c1ccc(Cl)cc1. The summed E-state index contributed by atoms with van der Waals surface area (Å²) in [4.78, 5) is 28.5. The summed E-state index contributed by atoms with van der Waals surface area (Å²) >= 11 is 5.96. The molecule has 140 valence electrons. The maximum absolute atomic E-state index is 12.6. The van der Waals surface area contributed by atoms with Crippen LogP contribution in [0.1, 0.15) is 24.9 Å². The number of rotatable bonds is 6. The Kier molecular flexibility index (Phi) is 5.96. The van der Waals surface area contributed by atoms with Gasteiger partial charge < -0.3 is 14.7 Å². The molecule has 1 atom stereocenters. The van der Waals surface area contributed by atoms with E-state index in [1.807, 2.05) is 0 Å². The second kappa shape index (κ2) is 8.20. The van der Waals surface area contributed by atoms with Crippen LogP contribution in [-0.2, 0) is 14.3 Å². The highest BCUT2D eigenvalue weighted by molar-refractivity contribution is 6.30. The number of aliphatic hydroxyl groups excluding tert-OH is 1. The van der Waals surface area contributed by atoms with Crippen molar-refractivity contribution in [2.45, 2.75) is 19.4 Å². The molecule has 1 aromatic rings. The van der Waals surface area contributed by atoms with Gasteiger partial charge in [-0.25, -0.2) is 0 Å². The van der Waals surface area contributed by atoms with Crippen molar-refractivity contribution in [2.75, 3.05) is 39.4 Å². The van der Waals surface area contributed by atoms with Crippen molar-refractivity contribution >= 4 is 23.3 Å². The third-order valence-electron chi connectivity index (χ3n) is 4.85. The normalized spacial score (nSPS) is 21.5. The predicted octanol–water partition coefficient (Wildman–Crippen LogP) is 2.35. The Bertz CT molecular complexity index is 711. The molecule has 0 radical (unpaired) electrons. The molecule has 7 heteroatoms. The number of aliphatic hydroxyl groups is 1. The number of benzene rings is 1. The van der Waals surface area contributed by atoms with Gasteiger partial charge >= 0.3 is 0 Å². The molecule has 3 rings (SSSR count). The number of morpholine rings is 1. The summed E-state index contributed by atoms with van der Waals surface area (Å²) in [5, 5.41) is 10.8. The Morgan fingerprint density at radius 3 is 2.50 bits per heavy atom. The van der Waals surface area contributed by atoms with Crippen LogP contribution in [0.25, 0.3) is 0 Å². The van der Waals surface area contributed by atoms with Crippen molar-refractivity contribution in [3.8, 4) is 0 Å². The van der Waals surface area contributed by atoms with Gasteiger partial charge in [0.2, 0.25) is 0 Å². The van der Waals surface area contributed by atoms with Gasteiger partial charge in [0.1, 0.15) is 0 Å². The van der Waals surface area contributed by atoms with E-state index in [9.17, 15) is 14.7 Å². The molecule has 1 aromatic carbocycles. The van der Waals surface area contributed by atoms with Crippen LogP contribution >= 0.6 is 11.6 Å². The van der Waals surface area contributed by atoms with E-state index in [4.69, 9.17) is 16.3 Å². The highest BCUT2D eigenvalue weighted by Crippen LogP contribution is 2.38. The lowest BCUT2D eigenvalue weighted by Gasteiger charge is -2.29. The zero-order chi connectivity index (χ0) is 18.7. The zero-order valence-electron chi connectivity index (χ0n) is 14.8. The number of hydrogen-bond donors (Lipinski definition) is 1. The third kappa shape index (κ3) is 3.92. The number of Topliss-reactive ketones (excluding diaryl/α,β-unsaturated/α-hetero) is 1. The average Bonchev–Trinajstić information content (AvgIpc) is 2.88. The van der Waals surface area contributed by atoms with Crippen LogP contribution in [0.2, 0.25) is 5.02 Å². The number of carbonyl (C=O) groups excluding carboxylic acids is 2. The zero-order valence-corrected chi connectivity index (χ0v) is 15.5. The van der Waals surface area contributed by atoms with Crippen LogP contribution in [0.15, 0.2) is 35.6 Å². The minimum atomic E-state index is -0.568. The molecule has 1 N–H and O–H groups in total. The van der Waals surface area contributed by atoms with E-state index < -0.39 is 17.7 Å². The first kappa shape index (κ1) is 18.9. The molecule has 2 aliphatic rings. The standard InChI is InChI=1S/C19H23ClN2O4/c1-13(23)16-17(14-3-5-15(20)6-4-14)22(19(25)18(16)24)8-2-7-21-9-11-26-12-10-21/h3-6,17,24H,2,7-12H2,1H3/t17-/m0/s1. The largest absolute Gasteiger partial charge is 0.503 e. The first-order chi connectivity index (χ1) is 12.5. The molecule has 1 fully saturated rings. The molecule has 0 aliphatic carbocycles. The van der Waals surface area contributed by atoms with Crippen molar-refractivity contribution in [1.82, 2.24) is 9.80 Å². The molecule has 26 heavy (non-hydrogen) atoms. The number of ketones is 1. The van der Waals surface area contributed by atoms with Gasteiger partial charge in [-0.2, -0.15) is 0 Å². The molecule has 1 saturated heterocycles. The van der Waals surface area contributed by atoms with Gasteiger partial charge in [0.05, 0.1) is 24.8 Å². The maximum atomic E-state index is 12.6. The van der Waals surface area contributed by atoms with Crippen LogP contribution in [-0.4, -0.2) is 66.0 Å². The fourth-order valence-corrected chi connectivity index (χ4v) is 3.65. The first-order valence-electron chi connectivity index (χ1n) is 8.79. The molecule has 0 bridgehead atoms. The van der Waals surface area contributed by atoms with Crippen LogP contribution in [0.5, 0.6) is 0 Å². The van der Waals surface area contributed by atoms with Gasteiger partial charge in [0, 0.05) is 31.2 Å². The van der Waals surface area contributed by atoms with Gasteiger partial charge in [-0.1, -0.05) is 23.7 Å². The Morgan fingerprint density at radius 1 is 1.23 bits per heavy atom. The van der Waals surface area contributed by atoms with Crippen LogP contribution in [0.3, 0.4) is 0 Å². The lowest BCUT2D eigenvalue weighted by atomic mass is 9.97. The molecule has 0 saturated carbocycles. The number of amides is 1. The van der Waals surface area contributed by atoms with E-state index in [0.717, 1.165) is 44.8 Å². The summed E-state index contributed by atoms with van der Waals surface area (Å²) in [6, 6.07) is 6.45. The minimum Gasteiger partial charge on any atom is -0.503 e. The number of nitrogens with zero attached hydrogens (tertiary/aromatic N) is 2. The van der Waals surface area contributed by atoms with Crippen molar-refractivity contribution in [3.63, 3.8) is 0 Å². The summed E-state index contributed by atoms with van der Waals surface area (Å²) in [6.07, 6.45) is 0.758. The second-order valence-electron chi connectivity index (χ2n) is 6.58. The summed E-state index contributed by atoms with van der Waals surface area (Å²) in [7, 11) is 0. The highest BCUT2D eigenvalue weighted by Gasteiger charge is 2.41. The van der Waals surface area contributed by atoms with Gasteiger partial charge in [0.15, 0.2) is 11.5 Å². The molecule has 0 unspecified atom stereocenters. The summed E-state index contributed by atoms with van der Waals surface area (Å²) in [5.41, 5.74) is 0.923. The second-order valence-corrected chi connectivity index (χ2v) is 7.02. The Hall–Kier alpha value is -1.89. The quantitative estimate of drug-likeness (QED) is 0.822. The van der Waals surface area contributed by atoms with E-state index in [-0.39, 0.29) is 11.4 Å². The fraction of sp³-hybridized carbons (Fsp3) is 0.474. The third-order valence-corrected chi connectivity index (χ3v) is 5.10. The van der Waals surface area contributed by atoms with Gasteiger partial charge in [-0.15, -0.1) is 0 Å². The molecule has 6 nitrogen and oxygen atoms in total. The summed E-state index contributed by atoms with van der Waals surface area (Å²) in [5.74, 6) is -1.23. The van der Waals surface area contributed by atoms with Gasteiger partial charge in [-0.05, 0) is 31.0 Å². The minimum absolute atomic E-state index is 0.156. The van der Waals surface area contributed by atoms with Crippen molar-refractivity contribution in [2.24, 2.45) is 0 Å². The molecule has 0 spiro atoms. The molecule has 0 aromatic heterocycles. The number of ether oxygens (including phenoxy) is 1. The Morgan fingerprint density at radius 2 is 1.88 bits per heavy atom. The number of halogens is 1. The smallest absolute Gasteiger partial charge is 0.290 e. The van der Waals surface area contributed by atoms with E-state index >= 15 is 0 Å². The van der Waals surface area contributed by atoms with Crippen LogP contribution in [0, 0.1) is 0 Å². The van der Waals surface area contributed by atoms with E-state index in [0.29, 0.717) is 11.6 Å². The molecular weight excluding hydrogens is 356 g/mol. The number of carbonyl (C=O) groups is 2. The summed E-state index contributed by atoms with van der Waals surface area (Å²) in [6.45, 7) is 5.91. The Labute approximate surface area is 158 Å². The fourth-order valence-electron chi connectivity index (χ4n) is 3.52. The average molecular weight is 379 g/mol. The lowest BCUT2D eigenvalue weighted by Crippen LogP contribution is -2.39. The van der Waals surface area contributed by atoms with Crippen LogP contribution in [0.4, 0.5) is 0 Å². The molecule has 1 amide bonds. The predicted molar refractivity (Wildman–Crippen MR) is 98.1 cm³/mol. The lowest BCUT2D eigenvalue weighted by molar-refractivity contribution is -0.129. The molecular formula is C19H23ClN2O4.